The molecule has 0 bridgehead atoms. The van der Waals surface area contributed by atoms with E-state index >= 15 is 0 Å². The standard InChI is InChI=1S/C13H13BrF3NO/c14-5-3-8-4-6-18(7-8)13(19)9-1-2-10(15)12(17)11(9)16/h1-2,8H,3-7H2. The molecule has 0 radical (unpaired) electrons. The van der Waals surface area contributed by atoms with E-state index in [0.717, 1.165) is 30.3 Å². The number of hydrogen-bond acceptors (Lipinski definition) is 1. The van der Waals surface area contributed by atoms with Crippen LogP contribution in [0.2, 0.25) is 0 Å². The molecule has 1 saturated heterocycles. The first-order chi connectivity index (χ1) is 9.04. The van der Waals surface area contributed by atoms with Gasteiger partial charge in [0.2, 0.25) is 0 Å². The van der Waals surface area contributed by atoms with Crippen LogP contribution in [-0.4, -0.2) is 29.2 Å². The number of likely N-dealkylation sites (tertiary alicyclic amines) is 1. The van der Waals surface area contributed by atoms with Gasteiger partial charge in [-0.2, -0.15) is 0 Å². The number of amides is 1. The lowest BCUT2D eigenvalue weighted by atomic mass is 10.1. The molecule has 19 heavy (non-hydrogen) atoms. The van der Waals surface area contributed by atoms with E-state index in [2.05, 4.69) is 15.9 Å². The van der Waals surface area contributed by atoms with Crippen LogP contribution in [0.5, 0.6) is 0 Å². The molecule has 2 nitrogen and oxygen atoms in total. The minimum atomic E-state index is -1.60. The second kappa shape index (κ2) is 5.94. The number of halogens is 4. The van der Waals surface area contributed by atoms with E-state index in [4.69, 9.17) is 0 Å². The molecule has 0 N–H and O–H groups in total. The number of rotatable bonds is 3. The van der Waals surface area contributed by atoms with Crippen molar-refractivity contribution in [2.24, 2.45) is 5.92 Å². The zero-order chi connectivity index (χ0) is 14.0. The maximum absolute atomic E-state index is 13.5. The fraction of sp³-hybridized carbons (Fsp3) is 0.462. The summed E-state index contributed by atoms with van der Waals surface area (Å²) in [6.45, 7) is 1.05. The van der Waals surface area contributed by atoms with Gasteiger partial charge in [-0.05, 0) is 30.9 Å². The Hall–Kier alpha value is -1.04. The maximum Gasteiger partial charge on any atom is 0.256 e. The highest BCUT2D eigenvalue weighted by atomic mass is 79.9. The van der Waals surface area contributed by atoms with Crippen molar-refractivity contribution >= 4 is 21.8 Å². The van der Waals surface area contributed by atoms with Crippen LogP contribution in [0.1, 0.15) is 23.2 Å². The number of hydrogen-bond donors (Lipinski definition) is 0. The van der Waals surface area contributed by atoms with Gasteiger partial charge in [-0.15, -0.1) is 0 Å². The summed E-state index contributed by atoms with van der Waals surface area (Å²) in [6, 6.07) is 1.77. The number of carbonyl (C=O) groups is 1. The molecule has 1 atom stereocenters. The van der Waals surface area contributed by atoms with E-state index in [1.807, 2.05) is 0 Å². The minimum Gasteiger partial charge on any atom is -0.338 e. The van der Waals surface area contributed by atoms with Gasteiger partial charge in [0, 0.05) is 18.4 Å². The average Bonchev–Trinajstić information content (AvgIpc) is 2.85. The average molecular weight is 336 g/mol. The molecular formula is C13H13BrF3NO. The molecule has 1 aromatic rings. The quantitative estimate of drug-likeness (QED) is 0.612. The molecule has 1 heterocycles. The Bertz CT molecular complexity index is 495. The van der Waals surface area contributed by atoms with Crippen molar-refractivity contribution in [3.8, 4) is 0 Å². The van der Waals surface area contributed by atoms with Gasteiger partial charge in [0.25, 0.3) is 5.91 Å². The highest BCUT2D eigenvalue weighted by Gasteiger charge is 2.29. The van der Waals surface area contributed by atoms with Crippen LogP contribution < -0.4 is 0 Å². The maximum atomic E-state index is 13.5. The van der Waals surface area contributed by atoms with Gasteiger partial charge in [-0.1, -0.05) is 15.9 Å². The van der Waals surface area contributed by atoms with Crippen molar-refractivity contribution in [2.75, 3.05) is 18.4 Å². The van der Waals surface area contributed by atoms with Gasteiger partial charge < -0.3 is 4.90 Å². The Kier molecular flexibility index (Phi) is 4.50. The number of benzene rings is 1. The first-order valence-corrected chi connectivity index (χ1v) is 7.15. The molecule has 0 aliphatic carbocycles. The molecular weight excluding hydrogens is 323 g/mol. The largest absolute Gasteiger partial charge is 0.338 e. The van der Waals surface area contributed by atoms with Gasteiger partial charge in [0.05, 0.1) is 5.56 Å². The zero-order valence-corrected chi connectivity index (χ0v) is 11.7. The molecule has 1 fully saturated rings. The fourth-order valence-electron chi connectivity index (χ4n) is 2.27. The van der Waals surface area contributed by atoms with Crippen molar-refractivity contribution in [3.05, 3.63) is 35.1 Å². The summed E-state index contributed by atoms with van der Waals surface area (Å²) in [5.41, 5.74) is -0.404. The van der Waals surface area contributed by atoms with Gasteiger partial charge in [-0.3, -0.25) is 4.79 Å². The molecule has 0 saturated carbocycles. The first-order valence-electron chi connectivity index (χ1n) is 6.03. The Morgan fingerprint density at radius 1 is 1.32 bits per heavy atom. The minimum absolute atomic E-state index is 0.372. The van der Waals surface area contributed by atoms with Gasteiger partial charge >= 0.3 is 0 Å². The molecule has 0 aromatic heterocycles. The third-order valence-corrected chi connectivity index (χ3v) is 3.81. The third kappa shape index (κ3) is 2.94. The normalized spacial score (nSPS) is 18.9. The van der Waals surface area contributed by atoms with Crippen LogP contribution in [-0.2, 0) is 0 Å². The third-order valence-electron chi connectivity index (χ3n) is 3.36. The van der Waals surface area contributed by atoms with Crippen molar-refractivity contribution in [3.63, 3.8) is 0 Å². The van der Waals surface area contributed by atoms with Crippen molar-refractivity contribution in [1.29, 1.82) is 0 Å². The smallest absolute Gasteiger partial charge is 0.256 e. The van der Waals surface area contributed by atoms with Crippen molar-refractivity contribution in [2.45, 2.75) is 12.8 Å². The Morgan fingerprint density at radius 2 is 2.05 bits per heavy atom. The van der Waals surface area contributed by atoms with E-state index in [1.165, 1.54) is 4.90 Å². The lowest BCUT2D eigenvalue weighted by molar-refractivity contribution is 0.0781. The molecule has 6 heteroatoms. The molecule has 0 spiro atoms. The van der Waals surface area contributed by atoms with Crippen molar-refractivity contribution in [1.82, 2.24) is 4.90 Å². The lowest BCUT2D eigenvalue weighted by Gasteiger charge is -2.17. The van der Waals surface area contributed by atoms with Crippen LogP contribution >= 0.6 is 15.9 Å². The number of carbonyl (C=O) groups excluding carboxylic acids is 1. The summed E-state index contributed by atoms with van der Waals surface area (Å²) in [6.07, 6.45) is 1.78. The van der Waals surface area contributed by atoms with Crippen molar-refractivity contribution < 1.29 is 18.0 Å². The van der Waals surface area contributed by atoms with E-state index in [0.29, 0.717) is 19.0 Å². The molecule has 1 aliphatic rings. The van der Waals surface area contributed by atoms with Gasteiger partial charge in [-0.25, -0.2) is 13.2 Å². The van der Waals surface area contributed by atoms with Crippen LogP contribution in [0, 0.1) is 23.4 Å². The summed E-state index contributed by atoms with van der Waals surface area (Å²) in [5, 5.41) is 0.846. The van der Waals surface area contributed by atoms with Crippen LogP contribution in [0.25, 0.3) is 0 Å². The Balaban J connectivity index is 2.15. The molecule has 1 unspecified atom stereocenters. The summed E-state index contributed by atoms with van der Waals surface area (Å²) in [7, 11) is 0. The van der Waals surface area contributed by atoms with Gasteiger partial charge in [0.15, 0.2) is 17.5 Å². The van der Waals surface area contributed by atoms with Gasteiger partial charge in [0.1, 0.15) is 0 Å². The highest BCUT2D eigenvalue weighted by Crippen LogP contribution is 2.24. The van der Waals surface area contributed by atoms with E-state index in [-0.39, 0.29) is 0 Å². The predicted octanol–water partition coefficient (Wildman–Crippen LogP) is 3.35. The van der Waals surface area contributed by atoms with E-state index < -0.39 is 28.9 Å². The highest BCUT2D eigenvalue weighted by molar-refractivity contribution is 9.09. The van der Waals surface area contributed by atoms with E-state index in [9.17, 15) is 18.0 Å². The second-order valence-electron chi connectivity index (χ2n) is 4.61. The summed E-state index contributed by atoms with van der Waals surface area (Å²) in [5.74, 6) is -4.49. The fourth-order valence-corrected chi connectivity index (χ4v) is 2.92. The summed E-state index contributed by atoms with van der Waals surface area (Å²) >= 11 is 3.34. The Morgan fingerprint density at radius 3 is 2.74 bits per heavy atom. The second-order valence-corrected chi connectivity index (χ2v) is 5.40. The van der Waals surface area contributed by atoms with Crippen LogP contribution in [0.3, 0.4) is 0 Å². The predicted molar refractivity (Wildman–Crippen MR) is 68.7 cm³/mol. The monoisotopic (exact) mass is 335 g/mol. The molecule has 1 aromatic carbocycles. The Labute approximate surface area is 117 Å². The number of alkyl halides is 1. The molecule has 104 valence electrons. The van der Waals surface area contributed by atoms with E-state index in [1.54, 1.807) is 0 Å². The molecule has 2 rings (SSSR count). The van der Waals surface area contributed by atoms with Crippen LogP contribution in [0.4, 0.5) is 13.2 Å². The molecule has 1 aliphatic heterocycles. The SMILES string of the molecule is O=C(c1ccc(F)c(F)c1F)N1CCC(CCBr)C1. The number of nitrogens with zero attached hydrogens (tertiary/aromatic N) is 1. The first kappa shape index (κ1) is 14.4. The van der Waals surface area contributed by atoms with Crippen LogP contribution in [0.15, 0.2) is 12.1 Å². The zero-order valence-electron chi connectivity index (χ0n) is 10.1. The summed E-state index contributed by atoms with van der Waals surface area (Å²) < 4.78 is 39.5. The summed E-state index contributed by atoms with van der Waals surface area (Å²) in [4.78, 5) is 13.6. The molecule has 1 amide bonds. The lowest BCUT2D eigenvalue weighted by Crippen LogP contribution is -2.29. The topological polar surface area (TPSA) is 20.3 Å².